The fourth-order valence-electron chi connectivity index (χ4n) is 2.61. The van der Waals surface area contributed by atoms with E-state index in [0.717, 1.165) is 36.6 Å². The van der Waals surface area contributed by atoms with Crippen LogP contribution in [0, 0.1) is 11.2 Å². The van der Waals surface area contributed by atoms with Crippen molar-refractivity contribution in [2.75, 3.05) is 0 Å². The van der Waals surface area contributed by atoms with E-state index < -0.39 is 0 Å². The van der Waals surface area contributed by atoms with Crippen LogP contribution in [0.15, 0.2) is 24.3 Å². The predicted molar refractivity (Wildman–Crippen MR) is 71.3 cm³/mol. The van der Waals surface area contributed by atoms with Gasteiger partial charge in [0, 0.05) is 19.4 Å². The molecule has 0 saturated carbocycles. The molecule has 4 heteroatoms. The second kappa shape index (κ2) is 4.44. The number of hydrogen-bond donors (Lipinski definition) is 0. The van der Waals surface area contributed by atoms with Gasteiger partial charge in [0.2, 0.25) is 0 Å². The Balaban J connectivity index is 1.87. The minimum atomic E-state index is -0.201. The standard InChI is InChI=1S/C15H18FN3/c1-15(2)8-7-13-17-18-14(19(13)10-15)9-11-3-5-12(16)6-4-11/h3-6H,7-10H2,1-2H3. The van der Waals surface area contributed by atoms with Crippen LogP contribution in [0.3, 0.4) is 0 Å². The zero-order valence-electron chi connectivity index (χ0n) is 11.4. The Kier molecular flexibility index (Phi) is 2.88. The predicted octanol–water partition coefficient (Wildman–Crippen LogP) is 2.98. The summed E-state index contributed by atoms with van der Waals surface area (Å²) in [5.74, 6) is 1.86. The van der Waals surface area contributed by atoms with Crippen molar-refractivity contribution in [2.45, 2.75) is 39.7 Å². The van der Waals surface area contributed by atoms with Gasteiger partial charge in [-0.3, -0.25) is 0 Å². The van der Waals surface area contributed by atoms with Crippen LogP contribution in [0.4, 0.5) is 4.39 Å². The van der Waals surface area contributed by atoms with E-state index in [4.69, 9.17) is 0 Å². The van der Waals surface area contributed by atoms with Crippen molar-refractivity contribution in [3.63, 3.8) is 0 Å². The van der Waals surface area contributed by atoms with Gasteiger partial charge >= 0.3 is 0 Å². The highest BCUT2D eigenvalue weighted by Gasteiger charge is 2.28. The molecule has 1 aromatic heterocycles. The molecule has 0 radical (unpaired) electrons. The minimum Gasteiger partial charge on any atom is -0.314 e. The lowest BCUT2D eigenvalue weighted by molar-refractivity contribution is 0.244. The van der Waals surface area contributed by atoms with Gasteiger partial charge in [0.05, 0.1) is 0 Å². The molecule has 2 heterocycles. The highest BCUT2D eigenvalue weighted by atomic mass is 19.1. The fraction of sp³-hybridized carbons (Fsp3) is 0.467. The molecule has 0 amide bonds. The molecule has 0 bridgehead atoms. The number of halogens is 1. The molecule has 0 N–H and O–H groups in total. The molecule has 0 aliphatic carbocycles. The molecule has 19 heavy (non-hydrogen) atoms. The van der Waals surface area contributed by atoms with Gasteiger partial charge in [-0.25, -0.2) is 4.39 Å². The number of nitrogens with zero attached hydrogens (tertiary/aromatic N) is 3. The molecule has 0 atom stereocenters. The Bertz CT molecular complexity index is 584. The molecule has 0 saturated heterocycles. The normalized spacial score (nSPS) is 17.2. The molecule has 100 valence electrons. The first-order chi connectivity index (χ1) is 9.03. The lowest BCUT2D eigenvalue weighted by atomic mass is 9.85. The SMILES string of the molecule is CC1(C)CCc2nnc(Cc3ccc(F)cc3)n2C1. The monoisotopic (exact) mass is 259 g/mol. The first-order valence-electron chi connectivity index (χ1n) is 6.69. The van der Waals surface area contributed by atoms with Crippen molar-refractivity contribution in [1.29, 1.82) is 0 Å². The summed E-state index contributed by atoms with van der Waals surface area (Å²) in [5.41, 5.74) is 1.37. The smallest absolute Gasteiger partial charge is 0.137 e. The van der Waals surface area contributed by atoms with Crippen LogP contribution in [-0.4, -0.2) is 14.8 Å². The Morgan fingerprint density at radius 2 is 1.95 bits per heavy atom. The van der Waals surface area contributed by atoms with Crippen LogP contribution in [0.2, 0.25) is 0 Å². The van der Waals surface area contributed by atoms with Gasteiger partial charge in [-0.15, -0.1) is 10.2 Å². The summed E-state index contributed by atoms with van der Waals surface area (Å²) in [5, 5.41) is 8.58. The van der Waals surface area contributed by atoms with Gasteiger partial charge in [-0.1, -0.05) is 26.0 Å². The van der Waals surface area contributed by atoms with E-state index >= 15 is 0 Å². The largest absolute Gasteiger partial charge is 0.314 e. The summed E-state index contributed by atoms with van der Waals surface area (Å²) in [7, 11) is 0. The van der Waals surface area contributed by atoms with Crippen LogP contribution in [-0.2, 0) is 19.4 Å². The quantitative estimate of drug-likeness (QED) is 0.830. The molecule has 1 aromatic carbocycles. The summed E-state index contributed by atoms with van der Waals surface area (Å²) < 4.78 is 15.1. The second-order valence-electron chi connectivity index (χ2n) is 6.09. The highest BCUT2D eigenvalue weighted by molar-refractivity contribution is 5.20. The molecule has 3 nitrogen and oxygen atoms in total. The molecule has 1 aliphatic rings. The van der Waals surface area contributed by atoms with E-state index in [9.17, 15) is 4.39 Å². The summed E-state index contributed by atoms with van der Waals surface area (Å²) in [6.45, 7) is 5.51. The maximum Gasteiger partial charge on any atom is 0.137 e. The lowest BCUT2D eigenvalue weighted by Gasteiger charge is -2.30. The number of fused-ring (bicyclic) bond motifs is 1. The number of aromatic nitrogens is 3. The Labute approximate surface area is 112 Å². The maximum atomic E-state index is 12.9. The third-order valence-electron chi connectivity index (χ3n) is 3.79. The van der Waals surface area contributed by atoms with E-state index in [1.165, 1.54) is 12.1 Å². The minimum absolute atomic E-state index is 0.201. The van der Waals surface area contributed by atoms with Crippen molar-refractivity contribution >= 4 is 0 Å². The lowest BCUT2D eigenvalue weighted by Crippen LogP contribution is -2.28. The fourth-order valence-corrected chi connectivity index (χ4v) is 2.61. The molecular weight excluding hydrogens is 241 g/mol. The zero-order valence-corrected chi connectivity index (χ0v) is 11.4. The average Bonchev–Trinajstić information content (AvgIpc) is 2.73. The Morgan fingerprint density at radius 3 is 2.68 bits per heavy atom. The zero-order chi connectivity index (χ0) is 13.5. The number of benzene rings is 1. The van der Waals surface area contributed by atoms with Gasteiger partial charge in [-0.05, 0) is 29.5 Å². The number of aryl methyl sites for hydroxylation is 1. The third kappa shape index (κ3) is 2.53. The van der Waals surface area contributed by atoms with E-state index in [-0.39, 0.29) is 5.82 Å². The van der Waals surface area contributed by atoms with Gasteiger partial charge in [0.25, 0.3) is 0 Å². The van der Waals surface area contributed by atoms with Crippen molar-refractivity contribution in [3.05, 3.63) is 47.3 Å². The third-order valence-corrected chi connectivity index (χ3v) is 3.79. The maximum absolute atomic E-state index is 12.9. The van der Waals surface area contributed by atoms with Crippen LogP contribution in [0.25, 0.3) is 0 Å². The average molecular weight is 259 g/mol. The van der Waals surface area contributed by atoms with Gasteiger partial charge in [-0.2, -0.15) is 0 Å². The first-order valence-corrected chi connectivity index (χ1v) is 6.69. The molecule has 0 unspecified atom stereocenters. The van der Waals surface area contributed by atoms with Crippen molar-refractivity contribution < 1.29 is 4.39 Å². The topological polar surface area (TPSA) is 30.7 Å². The second-order valence-corrected chi connectivity index (χ2v) is 6.09. The molecule has 0 fully saturated rings. The number of rotatable bonds is 2. The summed E-state index contributed by atoms with van der Waals surface area (Å²) in [6, 6.07) is 6.61. The van der Waals surface area contributed by atoms with Crippen LogP contribution in [0.1, 0.15) is 37.5 Å². The van der Waals surface area contributed by atoms with Crippen molar-refractivity contribution in [2.24, 2.45) is 5.41 Å². The molecule has 2 aromatic rings. The highest BCUT2D eigenvalue weighted by Crippen LogP contribution is 2.30. The number of hydrogen-bond acceptors (Lipinski definition) is 2. The van der Waals surface area contributed by atoms with E-state index in [1.807, 2.05) is 12.1 Å². The van der Waals surface area contributed by atoms with E-state index in [1.54, 1.807) is 0 Å². The van der Waals surface area contributed by atoms with Crippen LogP contribution in [0.5, 0.6) is 0 Å². The van der Waals surface area contributed by atoms with Gasteiger partial charge < -0.3 is 4.57 Å². The summed E-state index contributed by atoms with van der Waals surface area (Å²) >= 11 is 0. The van der Waals surface area contributed by atoms with Gasteiger partial charge in [0.1, 0.15) is 17.5 Å². The van der Waals surface area contributed by atoms with E-state index in [0.29, 0.717) is 11.8 Å². The summed E-state index contributed by atoms with van der Waals surface area (Å²) in [4.78, 5) is 0. The van der Waals surface area contributed by atoms with Crippen molar-refractivity contribution in [1.82, 2.24) is 14.8 Å². The molecular formula is C15H18FN3. The molecule has 3 rings (SSSR count). The van der Waals surface area contributed by atoms with Crippen LogP contribution >= 0.6 is 0 Å². The van der Waals surface area contributed by atoms with Crippen molar-refractivity contribution in [3.8, 4) is 0 Å². The first kappa shape index (κ1) is 12.3. The Hall–Kier alpha value is -1.71. The van der Waals surface area contributed by atoms with Gasteiger partial charge in [0.15, 0.2) is 0 Å². The molecule has 0 spiro atoms. The molecule has 1 aliphatic heterocycles. The van der Waals surface area contributed by atoms with E-state index in [2.05, 4.69) is 28.6 Å². The Morgan fingerprint density at radius 1 is 1.21 bits per heavy atom. The summed E-state index contributed by atoms with van der Waals surface area (Å²) in [6.07, 6.45) is 2.86. The van der Waals surface area contributed by atoms with Crippen LogP contribution < -0.4 is 0 Å².